The number of rotatable bonds is 8. The molecular formula is C35H55N5O2. The van der Waals surface area contributed by atoms with E-state index >= 15 is 0 Å². The molecule has 7 nitrogen and oxygen atoms in total. The van der Waals surface area contributed by atoms with Gasteiger partial charge in [0.2, 0.25) is 0 Å². The van der Waals surface area contributed by atoms with Crippen molar-refractivity contribution < 1.29 is 13.9 Å². The summed E-state index contributed by atoms with van der Waals surface area (Å²) in [6, 6.07) is 0. The molecule has 0 spiro atoms. The molecular weight excluding hydrogens is 522 g/mol. The van der Waals surface area contributed by atoms with Crippen molar-refractivity contribution in [2.24, 2.45) is 34.2 Å². The van der Waals surface area contributed by atoms with Gasteiger partial charge in [0.1, 0.15) is 11.5 Å². The van der Waals surface area contributed by atoms with Gasteiger partial charge in [-0.25, -0.2) is 4.99 Å². The lowest BCUT2D eigenvalue weighted by Crippen LogP contribution is -2.46. The zero-order valence-electron chi connectivity index (χ0n) is 26.4. The van der Waals surface area contributed by atoms with Crippen molar-refractivity contribution in [3.05, 3.63) is 94.9 Å². The summed E-state index contributed by atoms with van der Waals surface area (Å²) in [6.07, 6.45) is 11.9. The van der Waals surface area contributed by atoms with Crippen LogP contribution in [-0.4, -0.2) is 47.2 Å². The number of carbonyl (C=O) groups is 2. The lowest BCUT2D eigenvalue weighted by atomic mass is 9.80. The summed E-state index contributed by atoms with van der Waals surface area (Å²) in [6.45, 7) is 22.7. The van der Waals surface area contributed by atoms with E-state index in [1.165, 1.54) is 17.6 Å². The molecule has 2 heterocycles. The lowest BCUT2D eigenvalue weighted by Gasteiger charge is -2.42. The van der Waals surface area contributed by atoms with Gasteiger partial charge in [0.15, 0.2) is 11.6 Å². The van der Waals surface area contributed by atoms with Crippen LogP contribution in [-0.2, 0) is 9.59 Å². The highest BCUT2D eigenvalue weighted by Gasteiger charge is 2.47. The molecule has 0 saturated heterocycles. The van der Waals surface area contributed by atoms with Crippen LogP contribution >= 0.6 is 0 Å². The van der Waals surface area contributed by atoms with E-state index in [9.17, 15) is 9.59 Å². The number of likely N-dealkylation sites (N-methyl/N-ethyl adjacent to an activating group) is 1. The Morgan fingerprint density at radius 3 is 2.48 bits per heavy atom. The van der Waals surface area contributed by atoms with Gasteiger partial charge in [-0.05, 0) is 80.4 Å². The molecule has 0 aromatic rings. The number of nitrogens with zero attached hydrogens (tertiary/aromatic N) is 3. The Kier molecular flexibility index (Phi) is 10.8. The Balaban J connectivity index is 0.00000200. The Hall–Kier alpha value is -3.87. The molecule has 7 heteroatoms. The molecule has 0 amide bonds. The predicted molar refractivity (Wildman–Crippen MR) is 180 cm³/mol. The quantitative estimate of drug-likeness (QED) is 0.328. The van der Waals surface area contributed by atoms with Gasteiger partial charge in [-0.2, -0.15) is 0 Å². The number of hydrogen-bond donors (Lipinski definition) is 2. The molecule has 5 rings (SSSR count). The summed E-state index contributed by atoms with van der Waals surface area (Å²) in [4.78, 5) is 34.2. The van der Waals surface area contributed by atoms with Gasteiger partial charge < -0.3 is 21.3 Å². The molecule has 0 bridgehead atoms. The Bertz CT molecular complexity index is 1360. The van der Waals surface area contributed by atoms with Crippen LogP contribution in [0.3, 0.4) is 0 Å². The van der Waals surface area contributed by atoms with Gasteiger partial charge in [-0.15, -0.1) is 0 Å². The second-order valence-corrected chi connectivity index (χ2v) is 11.4. The highest BCUT2D eigenvalue weighted by Crippen LogP contribution is 2.56. The average molecular weight is 578 g/mol. The zero-order valence-corrected chi connectivity index (χ0v) is 26.4. The average Bonchev–Trinajstić information content (AvgIpc) is 3.77. The Labute approximate surface area is 256 Å². The molecule has 5 aliphatic rings. The third-order valence-corrected chi connectivity index (χ3v) is 8.28. The van der Waals surface area contributed by atoms with Crippen molar-refractivity contribution in [2.75, 3.05) is 20.1 Å². The van der Waals surface area contributed by atoms with Crippen LogP contribution in [0.25, 0.3) is 0 Å². The number of ketones is 2. The van der Waals surface area contributed by atoms with E-state index in [-0.39, 0.29) is 21.8 Å². The normalized spacial score (nSPS) is 24.9. The van der Waals surface area contributed by atoms with Crippen LogP contribution in [0.15, 0.2) is 99.9 Å². The monoisotopic (exact) mass is 577 g/mol. The number of carbonyl (C=O) groups excluding carboxylic acids is 2. The number of nitrogens with two attached hydrogens (primary N) is 2. The smallest absolute Gasteiger partial charge is 0.189 e. The van der Waals surface area contributed by atoms with Crippen LogP contribution in [0.2, 0.25) is 0 Å². The minimum absolute atomic E-state index is 0. The van der Waals surface area contributed by atoms with Crippen molar-refractivity contribution in [3.8, 4) is 0 Å². The molecule has 1 saturated carbocycles. The first-order chi connectivity index (χ1) is 20.0. The number of Topliss-reactive ketones (excluding diaryl/α,β-unsaturated/α-hetero) is 2. The molecule has 0 radical (unpaired) electrons. The fourth-order valence-electron chi connectivity index (χ4n) is 6.24. The molecule has 1 fully saturated rings. The van der Waals surface area contributed by atoms with Gasteiger partial charge >= 0.3 is 0 Å². The lowest BCUT2D eigenvalue weighted by molar-refractivity contribution is -0.121. The number of fused-ring (bicyclic) bond motifs is 2. The van der Waals surface area contributed by atoms with Crippen molar-refractivity contribution >= 4 is 17.3 Å². The summed E-state index contributed by atoms with van der Waals surface area (Å²) in [5.74, 6) is 2.01. The third-order valence-electron chi connectivity index (χ3n) is 8.28. The van der Waals surface area contributed by atoms with Crippen LogP contribution in [0.1, 0.15) is 71.0 Å². The number of hydrogen-bond acceptors (Lipinski definition) is 7. The fraction of sp³-hybridized carbons (Fsp3) is 0.457. The van der Waals surface area contributed by atoms with E-state index in [0.29, 0.717) is 41.2 Å². The van der Waals surface area contributed by atoms with Crippen molar-refractivity contribution in [2.45, 2.75) is 66.7 Å². The molecule has 4 N–H and O–H groups in total. The van der Waals surface area contributed by atoms with Crippen molar-refractivity contribution in [1.29, 1.82) is 0 Å². The number of aliphatic imine (C=N–C) groups is 1. The minimum atomic E-state index is -0.0435. The number of allylic oxidation sites excluding steroid dienone is 8. The van der Waals surface area contributed by atoms with E-state index in [1.54, 1.807) is 18.6 Å². The van der Waals surface area contributed by atoms with Gasteiger partial charge in [0.05, 0.1) is 17.3 Å². The van der Waals surface area contributed by atoms with E-state index in [1.807, 2.05) is 51.8 Å². The van der Waals surface area contributed by atoms with Gasteiger partial charge in [0.25, 0.3) is 0 Å². The molecule has 232 valence electrons. The van der Waals surface area contributed by atoms with Gasteiger partial charge in [-0.3, -0.25) is 9.59 Å². The molecule has 3 aliphatic carbocycles. The minimum Gasteiger partial charge on any atom is -0.403 e. The molecule has 2 aliphatic heterocycles. The van der Waals surface area contributed by atoms with Crippen LogP contribution in [0.5, 0.6) is 0 Å². The maximum atomic E-state index is 13.2. The first-order valence-corrected chi connectivity index (χ1v) is 15.2. The second kappa shape index (κ2) is 13.9. The van der Waals surface area contributed by atoms with Gasteiger partial charge in [0, 0.05) is 36.5 Å². The largest absolute Gasteiger partial charge is 0.403 e. The van der Waals surface area contributed by atoms with Crippen LogP contribution in [0, 0.1) is 17.8 Å². The first kappa shape index (κ1) is 32.6. The van der Waals surface area contributed by atoms with E-state index in [4.69, 9.17) is 11.5 Å². The summed E-state index contributed by atoms with van der Waals surface area (Å²) >= 11 is 0. The molecule has 3 unspecified atom stereocenters. The Morgan fingerprint density at radius 2 is 1.88 bits per heavy atom. The maximum absolute atomic E-state index is 13.2. The topological polar surface area (TPSA) is 105 Å². The third kappa shape index (κ3) is 6.77. The zero-order chi connectivity index (χ0) is 31.3. The maximum Gasteiger partial charge on any atom is 0.189 e. The van der Waals surface area contributed by atoms with E-state index in [2.05, 4.69) is 35.7 Å². The van der Waals surface area contributed by atoms with Crippen molar-refractivity contribution in [1.82, 2.24) is 9.80 Å². The highest BCUT2D eigenvalue weighted by molar-refractivity contribution is 6.44. The Morgan fingerprint density at radius 1 is 1.21 bits per heavy atom. The van der Waals surface area contributed by atoms with Crippen LogP contribution < -0.4 is 11.5 Å². The second-order valence-electron chi connectivity index (χ2n) is 11.4. The molecule has 42 heavy (non-hydrogen) atoms. The molecule has 0 aromatic carbocycles. The summed E-state index contributed by atoms with van der Waals surface area (Å²) < 4.78 is 0. The summed E-state index contributed by atoms with van der Waals surface area (Å²) in [5.41, 5.74) is 19.8. The van der Waals surface area contributed by atoms with Gasteiger partial charge in [-0.1, -0.05) is 63.8 Å². The van der Waals surface area contributed by atoms with E-state index in [0.717, 1.165) is 49.3 Å². The standard InChI is InChI=1S/C30H36N4O2.C3H7N.C2H6.3H2/c1-6-8-27-32-24(15-25(17(3)4)33(27)5)26(35)10-9-18-13-19-16-34(12-11-21(19)23-14-22(18)23)29-20(7-2)30(36)28(29)31;1-3(2)4;1-2;;;/h6,8,13,15,20,22-23H,1,3,7,9-12,14,16,31H2,2,4-5H3;1,4H2,2H3;1-2H3;3*1H/b27-8-;;;;;. The fourth-order valence-corrected chi connectivity index (χ4v) is 6.24. The SMILES string of the molecule is C=C(C)N.C=C/C=C1/N=C(C(=O)CCC2=CC3=C(CCN(C4=C(N)C(=O)C4CC)C3)C3CC23)C=C(C(=C)C)N1C.CC.[HH].[HH].[HH]. The van der Waals surface area contributed by atoms with Crippen molar-refractivity contribution in [3.63, 3.8) is 0 Å². The molecule has 0 aromatic heterocycles. The highest BCUT2D eigenvalue weighted by atomic mass is 16.1. The van der Waals surface area contributed by atoms with Crippen LogP contribution in [0.4, 0.5) is 0 Å². The summed E-state index contributed by atoms with van der Waals surface area (Å²) in [5, 5.41) is 0. The molecule has 3 atom stereocenters. The first-order valence-electron chi connectivity index (χ1n) is 15.2. The summed E-state index contributed by atoms with van der Waals surface area (Å²) in [7, 11) is 1.92. The van der Waals surface area contributed by atoms with E-state index < -0.39 is 0 Å². The predicted octanol–water partition coefficient (Wildman–Crippen LogP) is 6.81.